The summed E-state index contributed by atoms with van der Waals surface area (Å²) in [5.41, 5.74) is 2.21. The molecule has 0 aliphatic carbocycles. The third-order valence-corrected chi connectivity index (χ3v) is 5.68. The maximum atomic E-state index is 11.8. The molecular weight excluding hydrogens is 508 g/mol. The minimum atomic E-state index is -3.67. The van der Waals surface area contributed by atoms with E-state index in [9.17, 15) is 23.1 Å². The quantitative estimate of drug-likeness (QED) is 0.259. The largest absolute Gasteiger partial charge is 0.478 e. The Kier molecular flexibility index (Phi) is 12.2. The number of carboxylic acids is 2. The number of carbonyl (C=O) groups is 2. The number of hydrogen-bond acceptors (Lipinski definition) is 6. The number of aryl methyl sites for hydroxylation is 1. The van der Waals surface area contributed by atoms with Crippen LogP contribution < -0.4 is 0 Å². The van der Waals surface area contributed by atoms with Crippen molar-refractivity contribution in [2.45, 2.75) is 39.2 Å². The lowest BCUT2D eigenvalue weighted by Crippen LogP contribution is -2.09. The SMILES string of the molecule is CCCCc1ncc(/C=C(\Cc2cccs2)C(=O)O)n1Cc1ccc(C(=O)O)cc1.CS(=O)(=O)O.O. The van der Waals surface area contributed by atoms with Gasteiger partial charge in [0.1, 0.15) is 5.82 Å². The molecular formula is C24H30N2O8S2. The lowest BCUT2D eigenvalue weighted by Gasteiger charge is -2.12. The second kappa shape index (κ2) is 14.3. The number of unbranched alkanes of at least 4 members (excludes halogenated alkanes) is 1. The number of aromatic nitrogens is 2. The summed E-state index contributed by atoms with van der Waals surface area (Å²) in [4.78, 5) is 28.5. The number of carboxylic acid groups (broad SMARTS) is 2. The number of hydrogen-bond donors (Lipinski definition) is 3. The Bertz CT molecular complexity index is 1250. The van der Waals surface area contributed by atoms with E-state index in [0.29, 0.717) is 24.8 Å². The number of nitrogens with zero attached hydrogens (tertiary/aromatic N) is 2. The first kappa shape index (κ1) is 30.7. The standard InChI is InChI=1S/C23H24N2O4S.CH4O3S.H2O/c1-2-3-6-21-24-14-19(12-18(23(28)29)13-20-5-4-11-30-20)25(21)15-16-7-9-17(10-8-16)22(26)27;1-5(2,3)4;/h4-5,7-12,14H,2-3,6,13,15H2,1H3,(H,26,27)(H,28,29);1H3,(H,2,3,4);1H2/b18-12+;;. The second-order valence-corrected chi connectivity index (χ2v) is 10.3. The van der Waals surface area contributed by atoms with Gasteiger partial charge in [-0.2, -0.15) is 8.42 Å². The van der Waals surface area contributed by atoms with Crippen LogP contribution in [0.15, 0.2) is 53.5 Å². The average Bonchev–Trinajstić information content (AvgIpc) is 3.41. The molecule has 10 nitrogen and oxygen atoms in total. The highest BCUT2D eigenvalue weighted by molar-refractivity contribution is 7.85. The lowest BCUT2D eigenvalue weighted by molar-refractivity contribution is -0.132. The maximum Gasteiger partial charge on any atom is 0.335 e. The lowest BCUT2D eigenvalue weighted by atomic mass is 10.1. The maximum absolute atomic E-state index is 11.8. The van der Waals surface area contributed by atoms with E-state index in [0.717, 1.165) is 41.2 Å². The van der Waals surface area contributed by atoms with Gasteiger partial charge in [-0.15, -0.1) is 11.3 Å². The Morgan fingerprint density at radius 2 is 1.78 bits per heavy atom. The van der Waals surface area contributed by atoms with E-state index in [-0.39, 0.29) is 11.0 Å². The van der Waals surface area contributed by atoms with Crippen molar-refractivity contribution in [3.63, 3.8) is 0 Å². The summed E-state index contributed by atoms with van der Waals surface area (Å²) in [5.74, 6) is -1.01. The van der Waals surface area contributed by atoms with E-state index >= 15 is 0 Å². The van der Waals surface area contributed by atoms with Crippen molar-refractivity contribution >= 4 is 39.5 Å². The van der Waals surface area contributed by atoms with Gasteiger partial charge in [0.15, 0.2) is 0 Å². The van der Waals surface area contributed by atoms with E-state index in [1.165, 1.54) is 11.3 Å². The highest BCUT2D eigenvalue weighted by Crippen LogP contribution is 2.20. The minimum absolute atomic E-state index is 0. The van der Waals surface area contributed by atoms with Crippen LogP contribution in [0.25, 0.3) is 6.08 Å². The van der Waals surface area contributed by atoms with Crippen LogP contribution in [0.4, 0.5) is 0 Å². The molecule has 2 aromatic heterocycles. The number of thiophene rings is 1. The molecule has 0 radical (unpaired) electrons. The van der Waals surface area contributed by atoms with Gasteiger partial charge in [-0.25, -0.2) is 14.6 Å². The van der Waals surface area contributed by atoms with E-state index in [1.807, 2.05) is 22.1 Å². The van der Waals surface area contributed by atoms with Gasteiger partial charge in [0, 0.05) is 29.8 Å². The van der Waals surface area contributed by atoms with Crippen LogP contribution in [0.3, 0.4) is 0 Å². The fraction of sp³-hybridized carbons (Fsp3) is 0.292. The fourth-order valence-corrected chi connectivity index (χ4v) is 3.89. The minimum Gasteiger partial charge on any atom is -0.478 e. The molecule has 0 spiro atoms. The zero-order chi connectivity index (χ0) is 26.0. The average molecular weight is 539 g/mol. The van der Waals surface area contributed by atoms with E-state index in [1.54, 1.807) is 36.5 Å². The number of aromatic carboxylic acids is 1. The molecule has 12 heteroatoms. The molecule has 0 saturated heterocycles. The van der Waals surface area contributed by atoms with Crippen molar-refractivity contribution in [1.29, 1.82) is 0 Å². The summed E-state index contributed by atoms with van der Waals surface area (Å²) in [7, 11) is -3.67. The molecule has 5 N–H and O–H groups in total. The zero-order valence-corrected chi connectivity index (χ0v) is 21.6. The van der Waals surface area contributed by atoms with Gasteiger partial charge < -0.3 is 20.3 Å². The Labute approximate surface area is 213 Å². The van der Waals surface area contributed by atoms with E-state index < -0.39 is 22.1 Å². The number of benzene rings is 1. The fourth-order valence-electron chi connectivity index (χ4n) is 3.16. The summed E-state index contributed by atoms with van der Waals surface area (Å²) in [6.07, 6.45) is 7.29. The molecule has 0 bridgehead atoms. The van der Waals surface area contributed by atoms with Gasteiger partial charge in [-0.1, -0.05) is 31.5 Å². The first-order chi connectivity index (χ1) is 16.5. The molecule has 0 atom stereocenters. The van der Waals surface area contributed by atoms with E-state index in [2.05, 4.69) is 11.9 Å². The van der Waals surface area contributed by atoms with Gasteiger partial charge in [0.2, 0.25) is 0 Å². The summed E-state index contributed by atoms with van der Waals surface area (Å²) in [5, 5.41) is 20.7. The van der Waals surface area contributed by atoms with Gasteiger partial charge in [-0.05, 0) is 41.6 Å². The summed E-state index contributed by atoms with van der Waals surface area (Å²) < 4.78 is 27.9. The Morgan fingerprint density at radius 3 is 2.28 bits per heavy atom. The Hall–Kier alpha value is -3.32. The van der Waals surface area contributed by atoms with Crippen LogP contribution in [-0.4, -0.2) is 56.4 Å². The van der Waals surface area contributed by atoms with Crippen LogP contribution in [0.1, 0.15) is 52.1 Å². The summed E-state index contributed by atoms with van der Waals surface area (Å²) in [6, 6.07) is 10.6. The van der Waals surface area contributed by atoms with Crippen LogP contribution in [0, 0.1) is 0 Å². The molecule has 0 aliphatic heterocycles. The van der Waals surface area contributed by atoms with Crippen molar-refractivity contribution in [3.8, 4) is 0 Å². The highest BCUT2D eigenvalue weighted by Gasteiger charge is 2.14. The number of rotatable bonds is 10. The third kappa shape index (κ3) is 10.5. The highest BCUT2D eigenvalue weighted by atomic mass is 32.2. The van der Waals surface area contributed by atoms with Crippen molar-refractivity contribution in [1.82, 2.24) is 9.55 Å². The smallest absolute Gasteiger partial charge is 0.335 e. The molecule has 3 aromatic rings. The molecule has 0 amide bonds. The van der Waals surface area contributed by atoms with Crippen LogP contribution in [0.2, 0.25) is 0 Å². The predicted molar refractivity (Wildman–Crippen MR) is 138 cm³/mol. The first-order valence-corrected chi connectivity index (χ1v) is 13.5. The first-order valence-electron chi connectivity index (χ1n) is 10.7. The summed E-state index contributed by atoms with van der Waals surface area (Å²) in [6.45, 7) is 2.61. The van der Waals surface area contributed by atoms with Crippen molar-refractivity contribution < 1.29 is 38.2 Å². The van der Waals surface area contributed by atoms with Crippen molar-refractivity contribution in [3.05, 3.63) is 81.1 Å². The van der Waals surface area contributed by atoms with Crippen molar-refractivity contribution in [2.24, 2.45) is 0 Å². The Morgan fingerprint density at radius 1 is 1.14 bits per heavy atom. The van der Waals surface area contributed by atoms with Gasteiger partial charge >= 0.3 is 11.9 Å². The van der Waals surface area contributed by atoms with Crippen LogP contribution in [-0.2, 0) is 34.3 Å². The molecule has 196 valence electrons. The molecule has 1 aromatic carbocycles. The molecule has 0 saturated carbocycles. The molecule has 0 unspecified atom stereocenters. The zero-order valence-electron chi connectivity index (χ0n) is 19.9. The van der Waals surface area contributed by atoms with Gasteiger partial charge in [-0.3, -0.25) is 4.55 Å². The molecule has 2 heterocycles. The van der Waals surface area contributed by atoms with Crippen LogP contribution in [0.5, 0.6) is 0 Å². The summed E-state index contributed by atoms with van der Waals surface area (Å²) >= 11 is 1.53. The molecule has 3 rings (SSSR count). The van der Waals surface area contributed by atoms with Gasteiger partial charge in [0.25, 0.3) is 10.1 Å². The monoisotopic (exact) mass is 538 g/mol. The molecule has 0 aliphatic rings. The Balaban J connectivity index is 0.000000983. The predicted octanol–water partition coefficient (Wildman–Crippen LogP) is 3.42. The molecule has 36 heavy (non-hydrogen) atoms. The second-order valence-electron chi connectivity index (χ2n) is 7.75. The van der Waals surface area contributed by atoms with Crippen molar-refractivity contribution in [2.75, 3.05) is 6.26 Å². The van der Waals surface area contributed by atoms with Gasteiger partial charge in [0.05, 0.1) is 23.7 Å². The number of aliphatic carboxylic acids is 1. The topological polar surface area (TPSA) is 178 Å². The van der Waals surface area contributed by atoms with E-state index in [4.69, 9.17) is 9.66 Å². The normalized spacial score (nSPS) is 11.2. The third-order valence-electron chi connectivity index (χ3n) is 4.81. The number of imidazole rings is 1. The van der Waals surface area contributed by atoms with Crippen LogP contribution >= 0.6 is 11.3 Å². The molecule has 0 fully saturated rings.